The molecule has 5 unspecified atom stereocenters. The number of amides is 4. The molecule has 5 atom stereocenters. The van der Waals surface area contributed by atoms with Gasteiger partial charge in [-0.15, -0.1) is 0 Å². The Hall–Kier alpha value is -6.60. The Kier molecular flexibility index (Phi) is 24.7. The summed E-state index contributed by atoms with van der Waals surface area (Å²) in [6.07, 6.45) is 0.254. The van der Waals surface area contributed by atoms with Crippen molar-refractivity contribution in [1.82, 2.24) is 18.9 Å². The number of halogens is 1. The van der Waals surface area contributed by atoms with Gasteiger partial charge in [-0.1, -0.05) is 155 Å². The molecule has 4 aromatic carbocycles. The first kappa shape index (κ1) is 75.4. The average molecular weight is 1380 g/mol. The lowest BCUT2D eigenvalue weighted by atomic mass is 9.90. The van der Waals surface area contributed by atoms with Gasteiger partial charge < -0.3 is 37.1 Å². The van der Waals surface area contributed by atoms with E-state index in [-0.39, 0.29) is 60.9 Å². The molecule has 2 aliphatic heterocycles. The third-order valence-corrected chi connectivity index (χ3v) is 26.7. The van der Waals surface area contributed by atoms with E-state index in [0.717, 1.165) is 26.1 Å². The third-order valence-electron chi connectivity index (χ3n) is 17.1. The Labute approximate surface area is 560 Å². The first-order valence-corrected chi connectivity index (χ1v) is 38.7. The van der Waals surface area contributed by atoms with Gasteiger partial charge >= 0.3 is 18.3 Å². The van der Waals surface area contributed by atoms with E-state index in [0.29, 0.717) is 16.6 Å². The molecule has 6 aromatic rings. The van der Waals surface area contributed by atoms with Crippen LogP contribution in [0.25, 0.3) is 21.8 Å². The number of rotatable bonds is 17. The van der Waals surface area contributed by atoms with Crippen molar-refractivity contribution in [2.24, 2.45) is 13.0 Å². The van der Waals surface area contributed by atoms with E-state index in [1.807, 2.05) is 36.4 Å². The predicted octanol–water partition coefficient (Wildman–Crippen LogP) is 15.9. The van der Waals surface area contributed by atoms with E-state index in [1.165, 1.54) is 21.0 Å². The molecule has 0 saturated carbocycles. The Bertz CT molecular complexity index is 3590. The lowest BCUT2D eigenvalue weighted by molar-refractivity contribution is -0.138. The fourth-order valence-corrected chi connectivity index (χ4v) is 12.6. The monoisotopic (exact) mass is 1380 g/mol. The molecule has 2 aliphatic rings. The van der Waals surface area contributed by atoms with Crippen LogP contribution < -0.4 is 0 Å². The minimum atomic E-state index is -2.36. The molecule has 2 aromatic heterocycles. The standard InChI is InChI=1S/C38H52N2O8Si.C24H37NO6Si.C10H10BrN/c1-36(2,3)47-34(43)39-22-26(27-19-15-16-20-29(27)39)21-28-30(23-46-49(10,11)38(7,8)9)40(35(44)48-37(4,5)6)33(42)32(28)45-24-31(41)25-17-13-12-14-18-25;1-23(2,3)31-22(28)25-18(15-30-32(7,8)24(4,5)6)14-20(21(25)27)29-16-19(26)17-12-10-9-11-13-17;1-12-7-8(6-11)9-4-2-3-5-10(9)12/h12-20,22,28,30,32H,21,23-24H2,1-11H3;9-13,18,20H,14-16H2,1-8H3;2-5,7H,6H2,1H3. The Balaban J connectivity index is 0.000000264. The number of Topliss-reactive ketones (excluding diaryl/α,β-unsaturated/α-hetero) is 2. The molecule has 8 rings (SSSR count). The van der Waals surface area contributed by atoms with E-state index in [9.17, 15) is 33.6 Å². The number of benzene rings is 4. The molecule has 2 saturated heterocycles. The molecule has 21 heteroatoms. The summed E-state index contributed by atoms with van der Waals surface area (Å²) in [5.41, 5.74) is 2.68. The molecule has 0 N–H and O–H groups in total. The third kappa shape index (κ3) is 20.0. The fourth-order valence-electron chi connectivity index (χ4n) is 10.1. The van der Waals surface area contributed by atoms with Gasteiger partial charge in [0.1, 0.15) is 42.2 Å². The van der Waals surface area contributed by atoms with Crippen molar-refractivity contribution in [2.45, 2.75) is 199 Å². The maximum atomic E-state index is 14.3. The summed E-state index contributed by atoms with van der Waals surface area (Å²) in [5, 5.41) is 2.91. The Morgan fingerprint density at radius 1 is 0.516 bits per heavy atom. The number of imide groups is 2. The van der Waals surface area contributed by atoms with Gasteiger partial charge in [0.2, 0.25) is 0 Å². The zero-order valence-corrected chi connectivity index (χ0v) is 61.9. The first-order valence-electron chi connectivity index (χ1n) is 31.8. The molecule has 0 spiro atoms. The maximum absolute atomic E-state index is 14.3. The highest BCUT2D eigenvalue weighted by Crippen LogP contribution is 2.41. The van der Waals surface area contributed by atoms with Gasteiger partial charge in [-0.3, -0.25) is 23.7 Å². The lowest BCUT2D eigenvalue weighted by Crippen LogP contribution is -2.49. The molecule has 4 amide bonds. The number of nitrogens with zero attached hydrogens (tertiary/aromatic N) is 4. The van der Waals surface area contributed by atoms with Crippen molar-refractivity contribution < 1.29 is 66.1 Å². The Morgan fingerprint density at radius 3 is 1.43 bits per heavy atom. The number of para-hydroxylation sites is 2. The molecule has 0 radical (unpaired) electrons. The highest BCUT2D eigenvalue weighted by molar-refractivity contribution is 9.08. The van der Waals surface area contributed by atoms with Crippen LogP contribution in [0.15, 0.2) is 122 Å². The van der Waals surface area contributed by atoms with Gasteiger partial charge in [-0.05, 0) is 128 Å². The number of hydrogen-bond acceptors (Lipinski definition) is 14. The van der Waals surface area contributed by atoms with Crippen molar-refractivity contribution >= 4 is 96.0 Å². The van der Waals surface area contributed by atoms with Crippen molar-refractivity contribution in [2.75, 3.05) is 26.4 Å². The van der Waals surface area contributed by atoms with Gasteiger partial charge in [-0.2, -0.15) is 0 Å². The predicted molar refractivity (Wildman–Crippen MR) is 372 cm³/mol. The van der Waals surface area contributed by atoms with E-state index >= 15 is 0 Å². The van der Waals surface area contributed by atoms with Crippen LogP contribution in [0, 0.1) is 5.92 Å². The zero-order chi connectivity index (χ0) is 69.4. The molecule has 4 heterocycles. The van der Waals surface area contributed by atoms with Crippen molar-refractivity contribution in [3.05, 3.63) is 144 Å². The van der Waals surface area contributed by atoms with E-state index in [1.54, 1.807) is 117 Å². The quantitative estimate of drug-likeness (QED) is 0.0361. The summed E-state index contributed by atoms with van der Waals surface area (Å²) in [6, 6.07) is 32.1. The zero-order valence-electron chi connectivity index (χ0n) is 58.3. The topological polar surface area (TPSA) is 200 Å². The number of aryl methyl sites for hydroxylation is 1. The van der Waals surface area contributed by atoms with Crippen molar-refractivity contribution in [1.29, 1.82) is 0 Å². The SMILES string of the molecule is CC(C)(C)OC(=O)N1C(=O)C(OCC(=O)c2ccccc2)C(Cc2cn(C(=O)OC(C)(C)C)c3ccccc23)C1CO[Si](C)(C)C(C)(C)C.CC(C)(C)OC(=O)N1C(=O)C(OCC(=O)c2ccccc2)CC1CO[Si](C)(C)C(C)(C)C.Cn1cc(CBr)c2ccccc21. The van der Waals surface area contributed by atoms with Crippen molar-refractivity contribution in [3.8, 4) is 0 Å². The molecule has 18 nitrogen and oxygen atoms in total. The highest BCUT2D eigenvalue weighted by atomic mass is 79.9. The molecule has 2 fully saturated rings. The smallest absolute Gasteiger partial charge is 0.419 e. The summed E-state index contributed by atoms with van der Waals surface area (Å²) in [4.78, 5) is 95.1. The summed E-state index contributed by atoms with van der Waals surface area (Å²) in [6.45, 7) is 36.8. The number of likely N-dealkylation sites (tertiary alicyclic amines) is 2. The second kappa shape index (κ2) is 30.4. The van der Waals surface area contributed by atoms with Crippen LogP contribution in [-0.4, -0.2) is 145 Å². The van der Waals surface area contributed by atoms with E-state index in [2.05, 4.69) is 126 Å². The fraction of sp³-hybridized carbons (Fsp3) is 0.514. The minimum Gasteiger partial charge on any atom is -0.443 e. The normalized spacial score (nSPS) is 18.2. The van der Waals surface area contributed by atoms with Gasteiger partial charge in [0.25, 0.3) is 11.8 Å². The largest absolute Gasteiger partial charge is 0.443 e. The second-order valence-electron chi connectivity index (χ2n) is 29.9. The summed E-state index contributed by atoms with van der Waals surface area (Å²) in [5.74, 6) is -2.25. The average Bonchev–Trinajstić information content (AvgIpc) is 1.62. The van der Waals surface area contributed by atoms with Gasteiger partial charge in [0.05, 0.1) is 30.8 Å². The number of ketones is 2. The number of carbonyl (C=O) groups excluding carboxylic acids is 7. The molecule has 0 aliphatic carbocycles. The number of fused-ring (bicyclic) bond motifs is 2. The van der Waals surface area contributed by atoms with Gasteiger partial charge in [-0.25, -0.2) is 24.2 Å². The van der Waals surface area contributed by atoms with Crippen LogP contribution in [0.1, 0.15) is 142 Å². The first-order chi connectivity index (χ1) is 43.0. The summed E-state index contributed by atoms with van der Waals surface area (Å²) >= 11 is 3.48. The number of aromatic nitrogens is 2. The summed E-state index contributed by atoms with van der Waals surface area (Å²) < 4.78 is 45.4. The van der Waals surface area contributed by atoms with Gasteiger partial charge in [0, 0.05) is 64.5 Å². The van der Waals surface area contributed by atoms with E-state index < -0.39 is 93.7 Å². The van der Waals surface area contributed by atoms with E-state index in [4.69, 9.17) is 32.5 Å². The van der Waals surface area contributed by atoms with Crippen LogP contribution in [0.5, 0.6) is 0 Å². The number of alkyl halides is 1. The van der Waals surface area contributed by atoms with Crippen LogP contribution in [0.3, 0.4) is 0 Å². The molecular formula is C72H99BrN4O14Si2. The molecule has 93 heavy (non-hydrogen) atoms. The second-order valence-corrected chi connectivity index (χ2v) is 40.1. The highest BCUT2D eigenvalue weighted by Gasteiger charge is 2.54. The van der Waals surface area contributed by atoms with Crippen LogP contribution in [0.4, 0.5) is 14.4 Å². The maximum Gasteiger partial charge on any atom is 0.419 e. The minimum absolute atomic E-state index is 0.00956. The van der Waals surface area contributed by atoms with Crippen LogP contribution >= 0.6 is 15.9 Å². The number of ether oxygens (including phenoxy) is 5. The van der Waals surface area contributed by atoms with Crippen molar-refractivity contribution in [3.63, 3.8) is 0 Å². The van der Waals surface area contributed by atoms with Gasteiger partial charge in [0.15, 0.2) is 28.2 Å². The number of carbonyl (C=O) groups is 7. The number of hydrogen-bond donors (Lipinski definition) is 0. The Morgan fingerprint density at radius 2 is 0.946 bits per heavy atom. The van der Waals surface area contributed by atoms with Crippen LogP contribution in [-0.2, 0) is 60.9 Å². The van der Waals surface area contributed by atoms with Crippen LogP contribution in [0.2, 0.25) is 36.3 Å². The summed E-state index contributed by atoms with van der Waals surface area (Å²) in [7, 11) is -2.37. The molecule has 0 bridgehead atoms. The lowest BCUT2D eigenvalue weighted by Gasteiger charge is -2.38. The molecule has 506 valence electrons. The molecular weight excluding hydrogens is 1280 g/mol.